The third kappa shape index (κ3) is 2.57. The molecular formula is C12H22O2. The first-order chi connectivity index (χ1) is 6.70. The molecule has 82 valence electrons. The van der Waals surface area contributed by atoms with Gasteiger partial charge in [0.25, 0.3) is 0 Å². The van der Waals surface area contributed by atoms with Crippen molar-refractivity contribution in [3.05, 3.63) is 0 Å². The van der Waals surface area contributed by atoms with Gasteiger partial charge in [0.2, 0.25) is 0 Å². The van der Waals surface area contributed by atoms with Gasteiger partial charge in [0.15, 0.2) is 5.78 Å². The molecule has 3 atom stereocenters. The minimum Gasteiger partial charge on any atom is -0.385 e. The van der Waals surface area contributed by atoms with Crippen LogP contribution in [-0.4, -0.2) is 17.0 Å². The summed E-state index contributed by atoms with van der Waals surface area (Å²) in [5, 5.41) is 9.54. The van der Waals surface area contributed by atoms with Crippen LogP contribution >= 0.6 is 0 Å². The van der Waals surface area contributed by atoms with Crippen molar-refractivity contribution in [3.8, 4) is 0 Å². The van der Waals surface area contributed by atoms with Crippen LogP contribution in [0.25, 0.3) is 0 Å². The highest BCUT2D eigenvalue weighted by Gasteiger charge is 2.32. The first-order valence-corrected chi connectivity index (χ1v) is 5.92. The molecule has 1 fully saturated rings. The van der Waals surface area contributed by atoms with Crippen molar-refractivity contribution in [3.63, 3.8) is 0 Å². The van der Waals surface area contributed by atoms with Crippen LogP contribution in [0.5, 0.6) is 0 Å². The van der Waals surface area contributed by atoms with Crippen molar-refractivity contribution < 1.29 is 9.90 Å². The molecule has 0 saturated heterocycles. The lowest BCUT2D eigenvalue weighted by atomic mass is 9.74. The Morgan fingerprint density at radius 3 is 2.57 bits per heavy atom. The third-order valence-electron chi connectivity index (χ3n) is 3.51. The highest BCUT2D eigenvalue weighted by molar-refractivity contribution is 5.85. The van der Waals surface area contributed by atoms with Gasteiger partial charge in [-0.25, -0.2) is 0 Å². The number of aliphatic hydroxyl groups excluding tert-OH is 1. The van der Waals surface area contributed by atoms with E-state index in [9.17, 15) is 9.90 Å². The van der Waals surface area contributed by atoms with Gasteiger partial charge in [-0.2, -0.15) is 0 Å². The molecule has 0 amide bonds. The fourth-order valence-electron chi connectivity index (χ4n) is 2.52. The number of hydrogen-bond donors (Lipinski definition) is 1. The highest BCUT2D eigenvalue weighted by atomic mass is 16.3. The van der Waals surface area contributed by atoms with Gasteiger partial charge in [0.05, 0.1) is 0 Å². The van der Waals surface area contributed by atoms with E-state index < -0.39 is 6.10 Å². The Morgan fingerprint density at radius 1 is 1.36 bits per heavy atom. The number of Topliss-reactive ketones (excluding diaryl/α,β-unsaturated/α-hetero) is 1. The van der Waals surface area contributed by atoms with Gasteiger partial charge in [0, 0.05) is 5.92 Å². The minimum atomic E-state index is -0.716. The molecule has 0 aromatic rings. The first kappa shape index (κ1) is 11.7. The standard InChI is InChI=1S/C12H22O2/c1-3-9-7-5-6-8-10(9)12(14)11(13)4-2/h9-11,13H,3-8H2,1-2H3. The highest BCUT2D eigenvalue weighted by Crippen LogP contribution is 2.33. The van der Waals surface area contributed by atoms with Gasteiger partial charge in [-0.15, -0.1) is 0 Å². The Hall–Kier alpha value is -0.370. The molecule has 1 rings (SSSR count). The zero-order chi connectivity index (χ0) is 10.6. The van der Waals surface area contributed by atoms with Crippen LogP contribution in [0.4, 0.5) is 0 Å². The second kappa shape index (κ2) is 5.50. The van der Waals surface area contributed by atoms with Crippen molar-refractivity contribution in [1.82, 2.24) is 0 Å². The molecular weight excluding hydrogens is 176 g/mol. The van der Waals surface area contributed by atoms with Crippen molar-refractivity contribution in [1.29, 1.82) is 0 Å². The number of ketones is 1. The Balaban J connectivity index is 2.58. The largest absolute Gasteiger partial charge is 0.385 e. The third-order valence-corrected chi connectivity index (χ3v) is 3.51. The summed E-state index contributed by atoms with van der Waals surface area (Å²) in [6.45, 7) is 4.01. The smallest absolute Gasteiger partial charge is 0.164 e. The zero-order valence-electron chi connectivity index (χ0n) is 9.33. The first-order valence-electron chi connectivity index (χ1n) is 5.92. The van der Waals surface area contributed by atoms with Crippen LogP contribution in [0, 0.1) is 11.8 Å². The molecule has 1 aliphatic rings. The summed E-state index contributed by atoms with van der Waals surface area (Å²) in [6, 6.07) is 0. The van der Waals surface area contributed by atoms with Crippen LogP contribution in [-0.2, 0) is 4.79 Å². The number of carbonyl (C=O) groups excluding carboxylic acids is 1. The van der Waals surface area contributed by atoms with E-state index in [2.05, 4.69) is 6.92 Å². The average molecular weight is 198 g/mol. The van der Waals surface area contributed by atoms with Crippen LogP contribution < -0.4 is 0 Å². The molecule has 14 heavy (non-hydrogen) atoms. The van der Waals surface area contributed by atoms with Gasteiger partial charge in [0.1, 0.15) is 6.10 Å². The van der Waals surface area contributed by atoms with Crippen molar-refractivity contribution in [2.24, 2.45) is 11.8 Å². The molecule has 1 aliphatic carbocycles. The summed E-state index contributed by atoms with van der Waals surface area (Å²) in [5.41, 5.74) is 0. The molecule has 0 radical (unpaired) electrons. The molecule has 0 aromatic carbocycles. The lowest BCUT2D eigenvalue weighted by molar-refractivity contribution is -0.134. The van der Waals surface area contributed by atoms with E-state index in [4.69, 9.17) is 0 Å². The van der Waals surface area contributed by atoms with Crippen LogP contribution in [0.15, 0.2) is 0 Å². The van der Waals surface area contributed by atoms with E-state index in [1.165, 1.54) is 12.8 Å². The van der Waals surface area contributed by atoms with Gasteiger partial charge in [-0.1, -0.05) is 33.1 Å². The molecule has 0 aliphatic heterocycles. The molecule has 2 heteroatoms. The SMILES string of the molecule is CCC(O)C(=O)C1CCCCC1CC. The second-order valence-corrected chi connectivity index (χ2v) is 4.39. The van der Waals surface area contributed by atoms with Crippen molar-refractivity contribution >= 4 is 5.78 Å². The van der Waals surface area contributed by atoms with Crippen molar-refractivity contribution in [2.75, 3.05) is 0 Å². The van der Waals surface area contributed by atoms with E-state index in [-0.39, 0.29) is 11.7 Å². The van der Waals surface area contributed by atoms with Crippen LogP contribution in [0.3, 0.4) is 0 Å². The topological polar surface area (TPSA) is 37.3 Å². The van der Waals surface area contributed by atoms with Gasteiger partial charge >= 0.3 is 0 Å². The summed E-state index contributed by atoms with van der Waals surface area (Å²) in [6.07, 6.45) is 5.50. The van der Waals surface area contributed by atoms with Gasteiger partial charge < -0.3 is 5.11 Å². The maximum Gasteiger partial charge on any atom is 0.164 e. The normalized spacial score (nSPS) is 29.9. The van der Waals surface area contributed by atoms with Crippen molar-refractivity contribution in [2.45, 2.75) is 58.5 Å². The minimum absolute atomic E-state index is 0.0963. The lowest BCUT2D eigenvalue weighted by Gasteiger charge is -2.30. The molecule has 0 bridgehead atoms. The fraction of sp³-hybridized carbons (Fsp3) is 0.917. The van der Waals surface area contributed by atoms with E-state index in [1.807, 2.05) is 6.92 Å². The molecule has 0 aromatic heterocycles. The number of hydrogen-bond acceptors (Lipinski definition) is 2. The summed E-state index contributed by atoms with van der Waals surface area (Å²) >= 11 is 0. The van der Waals surface area contributed by atoms with E-state index in [0.29, 0.717) is 12.3 Å². The van der Waals surface area contributed by atoms with E-state index in [1.54, 1.807) is 0 Å². The summed E-state index contributed by atoms with van der Waals surface area (Å²) in [5.74, 6) is 0.764. The molecule has 0 spiro atoms. The molecule has 1 saturated carbocycles. The Bertz CT molecular complexity index is 189. The van der Waals surface area contributed by atoms with E-state index in [0.717, 1.165) is 19.3 Å². The zero-order valence-corrected chi connectivity index (χ0v) is 9.33. The summed E-state index contributed by atoms with van der Waals surface area (Å²) < 4.78 is 0. The quantitative estimate of drug-likeness (QED) is 0.753. The fourth-order valence-corrected chi connectivity index (χ4v) is 2.52. The predicted molar refractivity (Wildman–Crippen MR) is 57.0 cm³/mol. The maximum absolute atomic E-state index is 11.8. The van der Waals surface area contributed by atoms with E-state index >= 15 is 0 Å². The molecule has 3 unspecified atom stereocenters. The van der Waals surface area contributed by atoms with Gasteiger partial charge in [-0.3, -0.25) is 4.79 Å². The Labute approximate surface area is 86.7 Å². The predicted octanol–water partition coefficient (Wildman–Crippen LogP) is 2.54. The number of rotatable bonds is 4. The monoisotopic (exact) mass is 198 g/mol. The number of carbonyl (C=O) groups is 1. The number of aliphatic hydroxyl groups is 1. The summed E-state index contributed by atoms with van der Waals surface area (Å²) in [7, 11) is 0. The van der Waals surface area contributed by atoms with Crippen LogP contribution in [0.2, 0.25) is 0 Å². The molecule has 2 nitrogen and oxygen atoms in total. The van der Waals surface area contributed by atoms with Gasteiger partial charge in [-0.05, 0) is 25.2 Å². The maximum atomic E-state index is 11.8. The summed E-state index contributed by atoms with van der Waals surface area (Å²) in [4.78, 5) is 11.8. The Kier molecular flexibility index (Phi) is 4.59. The second-order valence-electron chi connectivity index (χ2n) is 4.39. The van der Waals surface area contributed by atoms with Crippen LogP contribution in [0.1, 0.15) is 52.4 Å². The molecule has 0 heterocycles. The lowest BCUT2D eigenvalue weighted by Crippen LogP contribution is -2.34. The average Bonchev–Trinajstić information content (AvgIpc) is 2.26. The Morgan fingerprint density at radius 2 is 2.00 bits per heavy atom. The molecule has 1 N–H and O–H groups in total.